The number of nitrogens with one attached hydrogen (secondary N) is 2. The van der Waals surface area contributed by atoms with Crippen LogP contribution in [-0.2, 0) is 0 Å². The summed E-state index contributed by atoms with van der Waals surface area (Å²) in [4.78, 5) is 26.3. The molecule has 1 saturated heterocycles. The number of urea groups is 1. The van der Waals surface area contributed by atoms with E-state index in [0.717, 1.165) is 24.8 Å². The van der Waals surface area contributed by atoms with Gasteiger partial charge in [0, 0.05) is 30.9 Å². The zero-order chi connectivity index (χ0) is 19.9. The molecule has 5 nitrogen and oxygen atoms in total. The van der Waals surface area contributed by atoms with Crippen molar-refractivity contribution in [2.45, 2.75) is 26.2 Å². The van der Waals surface area contributed by atoms with Gasteiger partial charge in [-0.15, -0.1) is 0 Å². The summed E-state index contributed by atoms with van der Waals surface area (Å²) in [7, 11) is 0. The molecule has 1 fully saturated rings. The summed E-state index contributed by atoms with van der Waals surface area (Å²) in [5, 5.41) is 5.78. The largest absolute Gasteiger partial charge is 0.352 e. The van der Waals surface area contributed by atoms with E-state index >= 15 is 0 Å². The van der Waals surface area contributed by atoms with Gasteiger partial charge in [-0.1, -0.05) is 17.7 Å². The lowest BCUT2D eigenvalue weighted by Crippen LogP contribution is -2.41. The molecular weight excluding hydrogens is 357 g/mol. The predicted molar refractivity (Wildman–Crippen MR) is 108 cm³/mol. The van der Waals surface area contributed by atoms with Crippen molar-refractivity contribution in [3.05, 3.63) is 65.5 Å². The molecule has 0 radical (unpaired) electrons. The Bertz CT molecular complexity index is 815. The van der Waals surface area contributed by atoms with Crippen LogP contribution in [0.3, 0.4) is 0 Å². The smallest absolute Gasteiger partial charge is 0.321 e. The third-order valence-corrected chi connectivity index (χ3v) is 5.12. The number of halogens is 1. The number of aryl methyl sites for hydroxylation is 1. The lowest BCUT2D eigenvalue weighted by atomic mass is 9.93. The van der Waals surface area contributed by atoms with Crippen LogP contribution in [0.15, 0.2) is 48.5 Å². The van der Waals surface area contributed by atoms with E-state index in [9.17, 15) is 14.0 Å². The second-order valence-corrected chi connectivity index (χ2v) is 7.28. The van der Waals surface area contributed by atoms with Gasteiger partial charge in [0.05, 0.1) is 0 Å². The summed E-state index contributed by atoms with van der Waals surface area (Å²) in [6.45, 7) is 3.98. The lowest BCUT2D eigenvalue weighted by Gasteiger charge is -2.32. The van der Waals surface area contributed by atoms with Crippen LogP contribution in [0.5, 0.6) is 0 Å². The van der Waals surface area contributed by atoms with Gasteiger partial charge in [0.15, 0.2) is 0 Å². The average molecular weight is 383 g/mol. The number of benzene rings is 2. The van der Waals surface area contributed by atoms with Crippen molar-refractivity contribution in [2.24, 2.45) is 5.92 Å². The van der Waals surface area contributed by atoms with Crippen molar-refractivity contribution in [3.8, 4) is 0 Å². The van der Waals surface area contributed by atoms with Crippen molar-refractivity contribution in [3.63, 3.8) is 0 Å². The highest BCUT2D eigenvalue weighted by Gasteiger charge is 2.22. The molecule has 0 spiro atoms. The summed E-state index contributed by atoms with van der Waals surface area (Å²) in [6.07, 6.45) is 2.74. The Morgan fingerprint density at radius 3 is 2.50 bits per heavy atom. The number of hydrogen-bond donors (Lipinski definition) is 2. The highest BCUT2D eigenvalue weighted by atomic mass is 19.1. The molecule has 28 heavy (non-hydrogen) atoms. The molecule has 148 valence electrons. The predicted octanol–water partition coefficient (Wildman–Crippen LogP) is 4.20. The fourth-order valence-corrected chi connectivity index (χ4v) is 3.44. The van der Waals surface area contributed by atoms with Crippen LogP contribution in [0, 0.1) is 18.7 Å². The third-order valence-electron chi connectivity index (χ3n) is 5.12. The van der Waals surface area contributed by atoms with Gasteiger partial charge < -0.3 is 15.5 Å². The van der Waals surface area contributed by atoms with E-state index in [1.807, 2.05) is 31.2 Å². The Morgan fingerprint density at radius 1 is 1.11 bits per heavy atom. The number of carbonyl (C=O) groups excluding carboxylic acids is 2. The Hall–Kier alpha value is -2.89. The molecule has 0 aromatic heterocycles. The first-order chi connectivity index (χ1) is 13.5. The first-order valence-electron chi connectivity index (χ1n) is 9.67. The molecule has 0 atom stereocenters. The molecule has 6 heteroatoms. The van der Waals surface area contributed by atoms with Gasteiger partial charge in [-0.3, -0.25) is 4.79 Å². The number of carbonyl (C=O) groups is 2. The van der Waals surface area contributed by atoms with Crippen LogP contribution in [0.25, 0.3) is 0 Å². The number of piperidine rings is 1. The van der Waals surface area contributed by atoms with Crippen molar-refractivity contribution in [2.75, 3.05) is 25.0 Å². The first-order valence-corrected chi connectivity index (χ1v) is 9.67. The molecule has 0 aliphatic carbocycles. The summed E-state index contributed by atoms with van der Waals surface area (Å²) in [5.74, 6) is 0.126. The molecular formula is C22H26FN3O2. The number of rotatable bonds is 5. The fourth-order valence-electron chi connectivity index (χ4n) is 3.44. The van der Waals surface area contributed by atoms with Crippen molar-refractivity contribution < 1.29 is 14.0 Å². The summed E-state index contributed by atoms with van der Waals surface area (Å²) >= 11 is 0. The van der Waals surface area contributed by atoms with Crippen molar-refractivity contribution in [1.82, 2.24) is 10.2 Å². The second-order valence-electron chi connectivity index (χ2n) is 7.28. The van der Waals surface area contributed by atoms with E-state index in [0.29, 0.717) is 36.8 Å². The Morgan fingerprint density at radius 2 is 1.82 bits per heavy atom. The van der Waals surface area contributed by atoms with Gasteiger partial charge in [0.1, 0.15) is 5.82 Å². The summed E-state index contributed by atoms with van der Waals surface area (Å²) in [6, 6.07) is 13.2. The monoisotopic (exact) mass is 383 g/mol. The number of likely N-dealkylation sites (tertiary alicyclic amines) is 1. The van der Waals surface area contributed by atoms with E-state index in [4.69, 9.17) is 0 Å². The zero-order valence-electron chi connectivity index (χ0n) is 16.1. The minimum atomic E-state index is -0.326. The number of nitrogens with zero attached hydrogens (tertiary/aromatic N) is 1. The number of anilines is 1. The standard InChI is InChI=1S/C22H26FN3O2/c1-16-3-2-4-18(15-16)21(27)24-12-9-17-10-13-26(14-11-17)22(28)25-20-7-5-19(23)6-8-20/h2-8,15,17H,9-14H2,1H3,(H,24,27)(H,25,28). The molecule has 0 saturated carbocycles. The maximum atomic E-state index is 12.9. The topological polar surface area (TPSA) is 61.4 Å². The number of amides is 3. The van der Waals surface area contributed by atoms with Gasteiger partial charge in [-0.2, -0.15) is 0 Å². The maximum Gasteiger partial charge on any atom is 0.321 e. The van der Waals surface area contributed by atoms with Crippen LogP contribution < -0.4 is 10.6 Å². The van der Waals surface area contributed by atoms with E-state index in [2.05, 4.69) is 10.6 Å². The summed E-state index contributed by atoms with van der Waals surface area (Å²) < 4.78 is 12.9. The Kier molecular flexibility index (Phi) is 6.63. The van der Waals surface area contributed by atoms with Crippen LogP contribution in [-0.4, -0.2) is 36.5 Å². The quantitative estimate of drug-likeness (QED) is 0.813. The molecule has 0 bridgehead atoms. The molecule has 2 aromatic rings. The van der Waals surface area contributed by atoms with Crippen molar-refractivity contribution in [1.29, 1.82) is 0 Å². The van der Waals surface area contributed by atoms with E-state index in [-0.39, 0.29) is 17.8 Å². The molecule has 2 N–H and O–H groups in total. The minimum absolute atomic E-state index is 0.0418. The summed E-state index contributed by atoms with van der Waals surface area (Å²) in [5.41, 5.74) is 2.35. The van der Waals surface area contributed by atoms with E-state index < -0.39 is 0 Å². The van der Waals surface area contributed by atoms with Crippen molar-refractivity contribution >= 4 is 17.6 Å². The van der Waals surface area contributed by atoms with Crippen LogP contribution in [0.2, 0.25) is 0 Å². The normalized spacial score (nSPS) is 14.6. The van der Waals surface area contributed by atoms with Crippen LogP contribution in [0.4, 0.5) is 14.9 Å². The Balaban J connectivity index is 1.37. The van der Waals surface area contributed by atoms with Crippen LogP contribution in [0.1, 0.15) is 35.2 Å². The highest BCUT2D eigenvalue weighted by Crippen LogP contribution is 2.21. The SMILES string of the molecule is Cc1cccc(C(=O)NCCC2CCN(C(=O)Nc3ccc(F)cc3)CC2)c1. The molecule has 0 unspecified atom stereocenters. The minimum Gasteiger partial charge on any atom is -0.352 e. The molecule has 1 aliphatic heterocycles. The fraction of sp³-hybridized carbons (Fsp3) is 0.364. The van der Waals surface area contributed by atoms with Gasteiger partial charge in [-0.25, -0.2) is 9.18 Å². The maximum absolute atomic E-state index is 12.9. The number of hydrogen-bond acceptors (Lipinski definition) is 2. The molecule has 3 amide bonds. The zero-order valence-corrected chi connectivity index (χ0v) is 16.1. The molecule has 3 rings (SSSR count). The lowest BCUT2D eigenvalue weighted by molar-refractivity contribution is 0.0949. The Labute approximate surface area is 164 Å². The molecule has 1 aliphatic rings. The van der Waals surface area contributed by atoms with Crippen LogP contribution >= 0.6 is 0 Å². The molecule has 1 heterocycles. The highest BCUT2D eigenvalue weighted by molar-refractivity contribution is 5.94. The van der Waals surface area contributed by atoms with Gasteiger partial charge in [-0.05, 0) is 68.5 Å². The average Bonchev–Trinajstić information content (AvgIpc) is 2.70. The van der Waals surface area contributed by atoms with Gasteiger partial charge >= 0.3 is 6.03 Å². The second kappa shape index (κ2) is 9.35. The van der Waals surface area contributed by atoms with E-state index in [1.165, 1.54) is 12.1 Å². The van der Waals surface area contributed by atoms with Gasteiger partial charge in [0.25, 0.3) is 5.91 Å². The van der Waals surface area contributed by atoms with E-state index in [1.54, 1.807) is 17.0 Å². The van der Waals surface area contributed by atoms with Gasteiger partial charge in [0.2, 0.25) is 0 Å². The third kappa shape index (κ3) is 5.55. The molecule has 2 aromatic carbocycles. The first kappa shape index (κ1) is 19.9.